The van der Waals surface area contributed by atoms with Crippen LogP contribution in [0.5, 0.6) is 0 Å². The fourth-order valence-electron chi connectivity index (χ4n) is 1.73. The number of nitrogens with one attached hydrogen (secondary N) is 2. The summed E-state index contributed by atoms with van der Waals surface area (Å²) >= 11 is 5.53. The quantitative estimate of drug-likeness (QED) is 0.814. The molecule has 0 radical (unpaired) electrons. The zero-order chi connectivity index (χ0) is 14.9. The van der Waals surface area contributed by atoms with Gasteiger partial charge >= 0.3 is 5.97 Å². The maximum absolute atomic E-state index is 13.3. The lowest BCUT2D eigenvalue weighted by molar-refractivity contribution is 0.0697. The summed E-state index contributed by atoms with van der Waals surface area (Å²) in [4.78, 5) is 25.7. The molecule has 3 N–H and O–H groups in total. The van der Waals surface area contributed by atoms with Gasteiger partial charge in [0.05, 0.1) is 10.7 Å². The molecular weight excluding hydrogens is 287 g/mol. The van der Waals surface area contributed by atoms with Gasteiger partial charge in [0.1, 0.15) is 11.4 Å². The molecule has 0 aliphatic rings. The van der Waals surface area contributed by atoms with Crippen molar-refractivity contribution in [3.05, 3.63) is 52.1 Å². The van der Waals surface area contributed by atoms with Crippen LogP contribution in [-0.4, -0.2) is 22.0 Å². The predicted molar refractivity (Wildman–Crippen MR) is 71.9 cm³/mol. The topological polar surface area (TPSA) is 82.2 Å². The van der Waals surface area contributed by atoms with E-state index in [1.54, 1.807) is 6.92 Å². The average Bonchev–Trinajstić information content (AvgIpc) is 2.73. The van der Waals surface area contributed by atoms with Crippen molar-refractivity contribution in [2.75, 3.05) is 5.32 Å². The second-order valence-corrected chi connectivity index (χ2v) is 4.50. The Morgan fingerprint density at radius 3 is 2.70 bits per heavy atom. The summed E-state index contributed by atoms with van der Waals surface area (Å²) < 4.78 is 13.3. The van der Waals surface area contributed by atoms with Crippen LogP contribution in [0.15, 0.2) is 24.4 Å². The fourth-order valence-corrected chi connectivity index (χ4v) is 1.85. The van der Waals surface area contributed by atoms with E-state index in [4.69, 9.17) is 16.7 Å². The van der Waals surface area contributed by atoms with Crippen LogP contribution in [0.2, 0.25) is 5.02 Å². The van der Waals surface area contributed by atoms with Gasteiger partial charge in [-0.25, -0.2) is 9.18 Å². The Hall–Kier alpha value is -2.34. The van der Waals surface area contributed by atoms with E-state index in [1.807, 2.05) is 0 Å². The first-order valence-electron chi connectivity index (χ1n) is 5.58. The molecule has 104 valence electrons. The highest BCUT2D eigenvalue weighted by Gasteiger charge is 2.18. The number of aromatic amines is 1. The molecule has 0 aliphatic carbocycles. The van der Waals surface area contributed by atoms with Crippen LogP contribution in [0.3, 0.4) is 0 Å². The van der Waals surface area contributed by atoms with Gasteiger partial charge in [0, 0.05) is 17.5 Å². The molecule has 0 spiro atoms. The monoisotopic (exact) mass is 296 g/mol. The standard InChI is InChI=1S/C13H10ClFN2O3/c1-6-11(13(19)20)10(5-16-6)17-12(18)7-2-3-8(14)9(15)4-7/h2-5,16H,1H3,(H,17,18)(H,19,20). The highest BCUT2D eigenvalue weighted by molar-refractivity contribution is 6.30. The van der Waals surface area contributed by atoms with Crippen molar-refractivity contribution < 1.29 is 19.1 Å². The maximum atomic E-state index is 13.3. The predicted octanol–water partition coefficient (Wildman–Crippen LogP) is 3.07. The van der Waals surface area contributed by atoms with Gasteiger partial charge in [-0.3, -0.25) is 4.79 Å². The Balaban J connectivity index is 2.28. The first kappa shape index (κ1) is 14.1. The molecule has 0 atom stereocenters. The molecule has 20 heavy (non-hydrogen) atoms. The largest absolute Gasteiger partial charge is 0.478 e. The van der Waals surface area contributed by atoms with Gasteiger partial charge in [0.25, 0.3) is 5.91 Å². The number of H-pyrrole nitrogens is 1. The van der Waals surface area contributed by atoms with E-state index in [0.717, 1.165) is 6.07 Å². The third-order valence-electron chi connectivity index (χ3n) is 2.72. The number of hydrogen-bond donors (Lipinski definition) is 3. The summed E-state index contributed by atoms with van der Waals surface area (Å²) in [6, 6.07) is 3.59. The lowest BCUT2D eigenvalue weighted by Crippen LogP contribution is -2.14. The van der Waals surface area contributed by atoms with Crippen molar-refractivity contribution in [3.8, 4) is 0 Å². The molecule has 2 rings (SSSR count). The number of anilines is 1. The van der Waals surface area contributed by atoms with Crippen LogP contribution in [0.4, 0.5) is 10.1 Å². The number of rotatable bonds is 3. The van der Waals surface area contributed by atoms with Crippen LogP contribution < -0.4 is 5.32 Å². The van der Waals surface area contributed by atoms with Gasteiger partial charge in [-0.05, 0) is 25.1 Å². The Bertz CT molecular complexity index is 697. The highest BCUT2D eigenvalue weighted by Crippen LogP contribution is 2.21. The summed E-state index contributed by atoms with van der Waals surface area (Å²) in [6.45, 7) is 1.57. The SMILES string of the molecule is Cc1[nH]cc(NC(=O)c2ccc(Cl)c(F)c2)c1C(=O)O. The van der Waals surface area contributed by atoms with Crippen molar-refractivity contribution in [2.24, 2.45) is 0 Å². The van der Waals surface area contributed by atoms with Crippen molar-refractivity contribution in [3.63, 3.8) is 0 Å². The summed E-state index contributed by atoms with van der Waals surface area (Å²) in [7, 11) is 0. The van der Waals surface area contributed by atoms with E-state index in [-0.39, 0.29) is 21.8 Å². The maximum Gasteiger partial charge on any atom is 0.339 e. The first-order valence-corrected chi connectivity index (χ1v) is 5.95. The minimum Gasteiger partial charge on any atom is -0.478 e. The van der Waals surface area contributed by atoms with Gasteiger partial charge in [0.15, 0.2) is 0 Å². The number of carbonyl (C=O) groups excluding carboxylic acids is 1. The van der Waals surface area contributed by atoms with Gasteiger partial charge in [-0.2, -0.15) is 0 Å². The Kier molecular flexibility index (Phi) is 3.76. The number of halogens is 2. The number of hydrogen-bond acceptors (Lipinski definition) is 2. The summed E-state index contributed by atoms with van der Waals surface area (Å²) in [6.07, 6.45) is 1.36. The summed E-state index contributed by atoms with van der Waals surface area (Å²) in [5, 5.41) is 11.4. The highest BCUT2D eigenvalue weighted by atomic mass is 35.5. The number of benzene rings is 1. The minimum absolute atomic E-state index is 0.0345. The van der Waals surface area contributed by atoms with E-state index in [9.17, 15) is 14.0 Å². The van der Waals surface area contributed by atoms with Gasteiger partial charge in [-0.1, -0.05) is 11.6 Å². The van der Waals surface area contributed by atoms with Gasteiger partial charge in [0.2, 0.25) is 0 Å². The van der Waals surface area contributed by atoms with E-state index >= 15 is 0 Å². The summed E-state index contributed by atoms with van der Waals surface area (Å²) in [5.41, 5.74) is 0.542. The lowest BCUT2D eigenvalue weighted by Gasteiger charge is -2.05. The lowest BCUT2D eigenvalue weighted by atomic mass is 10.2. The molecule has 1 amide bonds. The molecule has 0 unspecified atom stereocenters. The minimum atomic E-state index is -1.17. The molecular formula is C13H10ClFN2O3. The number of carboxylic acids is 1. The molecule has 0 saturated heterocycles. The third-order valence-corrected chi connectivity index (χ3v) is 3.03. The molecule has 1 aromatic heterocycles. The number of carboxylic acid groups (broad SMARTS) is 1. The normalized spacial score (nSPS) is 10.3. The van der Waals surface area contributed by atoms with E-state index < -0.39 is 17.7 Å². The summed E-state index contributed by atoms with van der Waals surface area (Å²) in [5.74, 6) is -2.51. The smallest absolute Gasteiger partial charge is 0.339 e. The zero-order valence-corrected chi connectivity index (χ0v) is 11.1. The van der Waals surface area contributed by atoms with Crippen LogP contribution >= 0.6 is 11.6 Å². The number of amides is 1. The van der Waals surface area contributed by atoms with E-state index in [2.05, 4.69) is 10.3 Å². The number of aromatic carboxylic acids is 1. The molecule has 5 nitrogen and oxygen atoms in total. The van der Waals surface area contributed by atoms with Crippen LogP contribution in [0.1, 0.15) is 26.4 Å². The van der Waals surface area contributed by atoms with Crippen LogP contribution in [0, 0.1) is 12.7 Å². The molecule has 2 aromatic rings. The zero-order valence-electron chi connectivity index (χ0n) is 10.3. The Morgan fingerprint density at radius 1 is 1.40 bits per heavy atom. The van der Waals surface area contributed by atoms with Crippen molar-refractivity contribution in [1.82, 2.24) is 4.98 Å². The number of aryl methyl sites for hydroxylation is 1. The van der Waals surface area contributed by atoms with Gasteiger partial charge in [-0.15, -0.1) is 0 Å². The Labute approximate surface area is 118 Å². The van der Waals surface area contributed by atoms with Crippen molar-refractivity contribution in [2.45, 2.75) is 6.92 Å². The molecule has 0 bridgehead atoms. The van der Waals surface area contributed by atoms with Crippen LogP contribution in [0.25, 0.3) is 0 Å². The van der Waals surface area contributed by atoms with Crippen molar-refractivity contribution >= 4 is 29.2 Å². The first-order chi connectivity index (χ1) is 9.40. The Morgan fingerprint density at radius 2 is 2.10 bits per heavy atom. The molecule has 7 heteroatoms. The molecule has 0 aliphatic heterocycles. The molecule has 0 fully saturated rings. The fraction of sp³-hybridized carbons (Fsp3) is 0.0769. The van der Waals surface area contributed by atoms with E-state index in [0.29, 0.717) is 5.69 Å². The van der Waals surface area contributed by atoms with Crippen LogP contribution in [-0.2, 0) is 0 Å². The number of aromatic nitrogens is 1. The van der Waals surface area contributed by atoms with Crippen molar-refractivity contribution in [1.29, 1.82) is 0 Å². The third kappa shape index (κ3) is 2.65. The molecule has 1 heterocycles. The van der Waals surface area contributed by atoms with Gasteiger partial charge < -0.3 is 15.4 Å². The average molecular weight is 297 g/mol. The molecule has 1 aromatic carbocycles. The van der Waals surface area contributed by atoms with E-state index in [1.165, 1.54) is 18.3 Å². The molecule has 0 saturated carbocycles. The second kappa shape index (κ2) is 5.34. The number of carbonyl (C=O) groups is 2. The second-order valence-electron chi connectivity index (χ2n) is 4.09.